The van der Waals surface area contributed by atoms with Crippen molar-refractivity contribution in [2.45, 2.75) is 26.3 Å². The Labute approximate surface area is 126 Å². The van der Waals surface area contributed by atoms with E-state index in [1.165, 1.54) is 11.1 Å². The summed E-state index contributed by atoms with van der Waals surface area (Å²) < 4.78 is 5.17. The maximum atomic E-state index is 9.91. The first-order valence-corrected chi connectivity index (χ1v) is 7.09. The predicted molar refractivity (Wildman–Crippen MR) is 87.0 cm³/mol. The van der Waals surface area contributed by atoms with E-state index in [9.17, 15) is 5.11 Å². The van der Waals surface area contributed by atoms with Gasteiger partial charge in [0.25, 0.3) is 0 Å². The van der Waals surface area contributed by atoms with Crippen LogP contribution in [0.1, 0.15) is 23.6 Å². The normalized spacial score (nSPS) is 13.6. The Bertz CT molecular complexity index is 607. The molecule has 2 aromatic carbocycles. The number of aryl methyl sites for hydroxylation is 2. The molecule has 3 heteroatoms. The van der Waals surface area contributed by atoms with Gasteiger partial charge in [0.15, 0.2) is 0 Å². The number of aliphatic hydroxyl groups excluding tert-OH is 1. The average molecular weight is 285 g/mol. The van der Waals surface area contributed by atoms with Crippen LogP contribution in [0.2, 0.25) is 0 Å². The number of hydrogen-bond donors (Lipinski definition) is 2. The Hall–Kier alpha value is -2.00. The van der Waals surface area contributed by atoms with Crippen molar-refractivity contribution in [1.82, 2.24) is 0 Å². The first-order valence-electron chi connectivity index (χ1n) is 7.09. The maximum absolute atomic E-state index is 9.91. The third-order valence-corrected chi connectivity index (χ3v) is 3.80. The van der Waals surface area contributed by atoms with Gasteiger partial charge in [-0.05, 0) is 56.2 Å². The molecule has 0 aliphatic heterocycles. The highest BCUT2D eigenvalue weighted by Gasteiger charge is 2.27. The molecule has 0 saturated carbocycles. The van der Waals surface area contributed by atoms with Crippen molar-refractivity contribution in [3.05, 3.63) is 59.2 Å². The van der Waals surface area contributed by atoms with Gasteiger partial charge >= 0.3 is 0 Å². The van der Waals surface area contributed by atoms with E-state index >= 15 is 0 Å². The molecule has 1 atom stereocenters. The van der Waals surface area contributed by atoms with Gasteiger partial charge < -0.3 is 15.2 Å². The molecule has 2 aromatic rings. The first-order chi connectivity index (χ1) is 9.98. The van der Waals surface area contributed by atoms with Crippen LogP contribution in [-0.2, 0) is 5.54 Å². The van der Waals surface area contributed by atoms with E-state index in [1.807, 2.05) is 31.2 Å². The molecular weight excluding hydrogens is 262 g/mol. The molecule has 0 heterocycles. The van der Waals surface area contributed by atoms with Crippen LogP contribution in [0.4, 0.5) is 5.69 Å². The van der Waals surface area contributed by atoms with Crippen LogP contribution in [0.5, 0.6) is 5.75 Å². The lowest BCUT2D eigenvalue weighted by Crippen LogP contribution is -2.36. The van der Waals surface area contributed by atoms with Crippen LogP contribution in [0.25, 0.3) is 0 Å². The van der Waals surface area contributed by atoms with Crippen LogP contribution >= 0.6 is 0 Å². The van der Waals surface area contributed by atoms with Gasteiger partial charge in [-0.1, -0.05) is 23.8 Å². The molecule has 3 nitrogen and oxygen atoms in total. The van der Waals surface area contributed by atoms with Crippen LogP contribution in [-0.4, -0.2) is 18.8 Å². The second-order valence-electron chi connectivity index (χ2n) is 5.66. The molecule has 0 saturated heterocycles. The number of benzene rings is 2. The molecule has 0 aliphatic rings. The highest BCUT2D eigenvalue weighted by atomic mass is 16.5. The molecule has 0 spiro atoms. The molecule has 0 fully saturated rings. The SMILES string of the molecule is COc1ccc(NC(C)(CO)c2ccc(C)cc2C)cc1. The zero-order chi connectivity index (χ0) is 15.5. The van der Waals surface area contributed by atoms with Crippen LogP contribution in [0, 0.1) is 13.8 Å². The van der Waals surface area contributed by atoms with Crippen LogP contribution in [0.15, 0.2) is 42.5 Å². The second kappa shape index (κ2) is 6.19. The van der Waals surface area contributed by atoms with Gasteiger partial charge in [-0.2, -0.15) is 0 Å². The number of hydrogen-bond acceptors (Lipinski definition) is 3. The molecule has 112 valence electrons. The highest BCUT2D eigenvalue weighted by Crippen LogP contribution is 2.29. The Balaban J connectivity index is 2.31. The van der Waals surface area contributed by atoms with Gasteiger partial charge in [-0.3, -0.25) is 0 Å². The lowest BCUT2D eigenvalue weighted by atomic mass is 9.88. The summed E-state index contributed by atoms with van der Waals surface area (Å²) >= 11 is 0. The van der Waals surface area contributed by atoms with Gasteiger partial charge in [-0.25, -0.2) is 0 Å². The van der Waals surface area contributed by atoms with E-state index in [0.29, 0.717) is 0 Å². The standard InChI is InChI=1S/C18H23NO2/c1-13-5-10-17(14(2)11-13)18(3,12-20)19-15-6-8-16(21-4)9-7-15/h5-11,19-20H,12H2,1-4H3. The van der Waals surface area contributed by atoms with Gasteiger partial charge in [0.2, 0.25) is 0 Å². The van der Waals surface area contributed by atoms with Crippen molar-refractivity contribution in [2.75, 3.05) is 19.0 Å². The molecule has 2 N–H and O–H groups in total. The summed E-state index contributed by atoms with van der Waals surface area (Å²) in [4.78, 5) is 0. The van der Waals surface area contributed by atoms with Gasteiger partial charge in [0.05, 0.1) is 19.3 Å². The number of aliphatic hydroxyl groups is 1. The summed E-state index contributed by atoms with van der Waals surface area (Å²) in [7, 11) is 1.65. The van der Waals surface area contributed by atoms with Gasteiger partial charge in [0.1, 0.15) is 5.75 Å². The molecule has 1 unspecified atom stereocenters. The molecule has 0 aromatic heterocycles. The van der Waals surface area contributed by atoms with Crippen molar-refractivity contribution in [3.63, 3.8) is 0 Å². The Morgan fingerprint density at radius 2 is 1.76 bits per heavy atom. The fraction of sp³-hybridized carbons (Fsp3) is 0.333. The fourth-order valence-corrected chi connectivity index (χ4v) is 2.62. The largest absolute Gasteiger partial charge is 0.497 e. The molecule has 0 amide bonds. The topological polar surface area (TPSA) is 41.5 Å². The summed E-state index contributed by atoms with van der Waals surface area (Å²) in [6, 6.07) is 14.0. The second-order valence-corrected chi connectivity index (χ2v) is 5.66. The Morgan fingerprint density at radius 3 is 2.29 bits per heavy atom. The number of nitrogens with one attached hydrogen (secondary N) is 1. The minimum atomic E-state index is -0.521. The van der Waals surface area contributed by atoms with E-state index in [-0.39, 0.29) is 6.61 Å². The molecule has 0 radical (unpaired) electrons. The average Bonchev–Trinajstić information content (AvgIpc) is 2.47. The highest BCUT2D eigenvalue weighted by molar-refractivity contribution is 5.51. The van der Waals surface area contributed by atoms with E-state index in [1.54, 1.807) is 7.11 Å². The lowest BCUT2D eigenvalue weighted by molar-refractivity contribution is 0.223. The van der Waals surface area contributed by atoms with Gasteiger partial charge in [-0.15, -0.1) is 0 Å². The van der Waals surface area contributed by atoms with Crippen molar-refractivity contribution in [2.24, 2.45) is 0 Å². The number of rotatable bonds is 5. The van der Waals surface area contributed by atoms with Crippen molar-refractivity contribution >= 4 is 5.69 Å². The van der Waals surface area contributed by atoms with Crippen molar-refractivity contribution < 1.29 is 9.84 Å². The van der Waals surface area contributed by atoms with Crippen molar-refractivity contribution in [3.8, 4) is 5.75 Å². The summed E-state index contributed by atoms with van der Waals surface area (Å²) in [5, 5.41) is 13.3. The quantitative estimate of drug-likeness (QED) is 0.881. The summed E-state index contributed by atoms with van der Waals surface area (Å²) in [6.45, 7) is 6.17. The van der Waals surface area contributed by atoms with E-state index in [0.717, 1.165) is 17.0 Å². The summed E-state index contributed by atoms with van der Waals surface area (Å²) in [5.41, 5.74) is 3.93. The van der Waals surface area contributed by atoms with E-state index in [4.69, 9.17) is 4.74 Å². The third kappa shape index (κ3) is 3.37. The number of anilines is 1. The van der Waals surface area contributed by atoms with E-state index in [2.05, 4.69) is 37.4 Å². The van der Waals surface area contributed by atoms with Crippen molar-refractivity contribution in [1.29, 1.82) is 0 Å². The molecular formula is C18H23NO2. The monoisotopic (exact) mass is 285 g/mol. The number of methoxy groups -OCH3 is 1. The lowest BCUT2D eigenvalue weighted by Gasteiger charge is -2.32. The molecule has 0 bridgehead atoms. The zero-order valence-corrected chi connectivity index (χ0v) is 13.1. The third-order valence-electron chi connectivity index (χ3n) is 3.80. The minimum absolute atomic E-state index is 0.0168. The smallest absolute Gasteiger partial charge is 0.119 e. The fourth-order valence-electron chi connectivity index (χ4n) is 2.62. The minimum Gasteiger partial charge on any atom is -0.497 e. The summed E-state index contributed by atoms with van der Waals surface area (Å²) in [5.74, 6) is 0.817. The Morgan fingerprint density at radius 1 is 1.10 bits per heavy atom. The predicted octanol–water partition coefficient (Wildman–Crippen LogP) is 3.63. The van der Waals surface area contributed by atoms with Crippen LogP contribution in [0.3, 0.4) is 0 Å². The molecule has 0 aliphatic carbocycles. The number of ether oxygens (including phenoxy) is 1. The molecule has 2 rings (SSSR count). The van der Waals surface area contributed by atoms with Crippen LogP contribution < -0.4 is 10.1 Å². The molecule has 21 heavy (non-hydrogen) atoms. The van der Waals surface area contributed by atoms with E-state index < -0.39 is 5.54 Å². The maximum Gasteiger partial charge on any atom is 0.119 e. The Kier molecular flexibility index (Phi) is 4.53. The summed E-state index contributed by atoms with van der Waals surface area (Å²) in [6.07, 6.45) is 0. The van der Waals surface area contributed by atoms with Gasteiger partial charge in [0, 0.05) is 5.69 Å². The zero-order valence-electron chi connectivity index (χ0n) is 13.1. The first kappa shape index (κ1) is 15.4.